The molecule has 29 heavy (non-hydrogen) atoms. The van der Waals surface area contributed by atoms with Crippen LogP contribution in [0.5, 0.6) is 11.6 Å². The number of hydrogen-bond acceptors (Lipinski definition) is 7. The predicted octanol–water partition coefficient (Wildman–Crippen LogP) is 1.32. The molecule has 5 rings (SSSR count). The maximum absolute atomic E-state index is 11.0. The Bertz CT molecular complexity index is 1020. The molecule has 0 unspecified atom stereocenters. The van der Waals surface area contributed by atoms with Crippen LogP contribution in [0.1, 0.15) is 35.1 Å². The van der Waals surface area contributed by atoms with E-state index in [9.17, 15) is 5.11 Å². The van der Waals surface area contributed by atoms with Gasteiger partial charge < -0.3 is 24.2 Å². The van der Waals surface area contributed by atoms with Gasteiger partial charge in [0.1, 0.15) is 16.5 Å². The number of ether oxygens (including phenoxy) is 3. The maximum atomic E-state index is 11.0. The molecule has 1 atom stereocenters. The van der Waals surface area contributed by atoms with Crippen molar-refractivity contribution in [1.82, 2.24) is 14.6 Å². The average Bonchev–Trinajstić information content (AvgIpc) is 3.41. The average molecular weight is 418 g/mol. The van der Waals surface area contributed by atoms with E-state index in [1.165, 1.54) is 20.8 Å². The van der Waals surface area contributed by atoms with Crippen molar-refractivity contribution in [3.63, 3.8) is 0 Å². The number of aromatic hydroxyl groups is 1. The van der Waals surface area contributed by atoms with Crippen molar-refractivity contribution in [3.05, 3.63) is 40.5 Å². The van der Waals surface area contributed by atoms with Crippen molar-refractivity contribution >= 4 is 16.3 Å². The lowest BCUT2D eigenvalue weighted by atomic mass is 9.97. The third kappa shape index (κ3) is 3.28. The summed E-state index contributed by atoms with van der Waals surface area (Å²) in [5.41, 5.74) is 1.10. The molecular formula is C20H25N4O4S+. The van der Waals surface area contributed by atoms with E-state index in [0.717, 1.165) is 42.1 Å². The van der Waals surface area contributed by atoms with Crippen LogP contribution in [-0.4, -0.2) is 58.9 Å². The smallest absolute Gasteiger partial charge is 0.235 e. The number of aromatic nitrogens is 3. The second-order valence-electron chi connectivity index (χ2n) is 7.62. The Morgan fingerprint density at radius 2 is 2.03 bits per heavy atom. The molecule has 1 spiro atoms. The molecule has 2 aliphatic rings. The summed E-state index contributed by atoms with van der Waals surface area (Å²) in [5, 5.41) is 15.3. The van der Waals surface area contributed by atoms with Crippen LogP contribution in [0.15, 0.2) is 24.3 Å². The Morgan fingerprint density at radius 3 is 2.72 bits per heavy atom. The SMILES string of the molecule is COc1cccc([C@@H](c2sc3nc(C)nn3c2O)[NH+]2CCC3(CC2)OCCO3)c1. The first kappa shape index (κ1) is 18.8. The van der Waals surface area contributed by atoms with E-state index in [4.69, 9.17) is 14.2 Å². The number of quaternary nitrogens is 1. The number of nitrogens with one attached hydrogen (secondary N) is 1. The van der Waals surface area contributed by atoms with Crippen LogP contribution in [-0.2, 0) is 9.47 Å². The summed E-state index contributed by atoms with van der Waals surface area (Å²) in [6.45, 7) is 4.93. The van der Waals surface area contributed by atoms with E-state index >= 15 is 0 Å². The van der Waals surface area contributed by atoms with Gasteiger partial charge in [-0.3, -0.25) is 0 Å². The largest absolute Gasteiger partial charge is 0.497 e. The molecule has 2 fully saturated rings. The Balaban J connectivity index is 1.54. The van der Waals surface area contributed by atoms with Crippen molar-refractivity contribution in [1.29, 1.82) is 0 Å². The van der Waals surface area contributed by atoms with Gasteiger partial charge in [0.25, 0.3) is 0 Å². The second-order valence-corrected chi connectivity index (χ2v) is 8.63. The third-order valence-corrected chi connectivity index (χ3v) is 6.96. The van der Waals surface area contributed by atoms with Crippen molar-refractivity contribution in [2.75, 3.05) is 33.4 Å². The van der Waals surface area contributed by atoms with Crippen LogP contribution in [0.25, 0.3) is 4.96 Å². The fourth-order valence-corrected chi connectivity index (χ4v) is 5.64. The fourth-order valence-electron chi connectivity index (χ4n) is 4.46. The van der Waals surface area contributed by atoms with Gasteiger partial charge in [-0.15, -0.1) is 5.10 Å². The standard InChI is InChI=1S/C20H24N4O4S/c1-13-21-19-24(22-13)18(25)17(29-19)16(14-4-3-5-15(12-14)26-2)23-8-6-20(7-9-23)27-10-11-28-20/h3-5,12,16,25H,6-11H2,1-2H3/p+1/t16-/m0/s1. The van der Waals surface area contributed by atoms with Gasteiger partial charge in [0.2, 0.25) is 10.8 Å². The molecule has 9 heteroatoms. The monoisotopic (exact) mass is 417 g/mol. The van der Waals surface area contributed by atoms with Crippen molar-refractivity contribution in [3.8, 4) is 11.6 Å². The summed E-state index contributed by atoms with van der Waals surface area (Å²) >= 11 is 1.49. The molecule has 0 amide bonds. The first-order valence-electron chi connectivity index (χ1n) is 9.90. The van der Waals surface area contributed by atoms with E-state index in [1.54, 1.807) is 7.11 Å². The van der Waals surface area contributed by atoms with Crippen molar-refractivity contribution in [2.24, 2.45) is 0 Å². The van der Waals surface area contributed by atoms with Gasteiger partial charge in [0.05, 0.1) is 46.3 Å². The Kier molecular flexibility index (Phi) is 4.70. The van der Waals surface area contributed by atoms with Crippen LogP contribution in [0.3, 0.4) is 0 Å². The van der Waals surface area contributed by atoms with E-state index in [1.807, 2.05) is 25.1 Å². The Labute approximate surface area is 172 Å². The topological polar surface area (TPSA) is 82.6 Å². The molecule has 0 radical (unpaired) electrons. The molecule has 0 bridgehead atoms. The van der Waals surface area contributed by atoms with Crippen molar-refractivity contribution < 1.29 is 24.2 Å². The molecule has 8 nitrogen and oxygen atoms in total. The summed E-state index contributed by atoms with van der Waals surface area (Å²) in [4.78, 5) is 7.38. The van der Waals surface area contributed by atoms with Crippen molar-refractivity contribution in [2.45, 2.75) is 31.6 Å². The zero-order valence-electron chi connectivity index (χ0n) is 16.6. The lowest BCUT2D eigenvalue weighted by Gasteiger charge is -2.38. The fraction of sp³-hybridized carbons (Fsp3) is 0.500. The number of aryl methyl sites for hydroxylation is 1. The highest BCUT2D eigenvalue weighted by Crippen LogP contribution is 2.37. The highest BCUT2D eigenvalue weighted by atomic mass is 32.1. The molecule has 4 heterocycles. The van der Waals surface area contributed by atoms with E-state index < -0.39 is 5.79 Å². The number of benzene rings is 1. The minimum absolute atomic E-state index is 0.0438. The number of methoxy groups -OCH3 is 1. The number of piperidine rings is 1. The zero-order chi connectivity index (χ0) is 20.0. The van der Waals surface area contributed by atoms with Gasteiger partial charge in [0.15, 0.2) is 11.8 Å². The first-order chi connectivity index (χ1) is 14.1. The van der Waals surface area contributed by atoms with Crippen LogP contribution in [0.4, 0.5) is 0 Å². The van der Waals surface area contributed by atoms with Gasteiger partial charge in [-0.25, -0.2) is 4.98 Å². The zero-order valence-corrected chi connectivity index (χ0v) is 17.4. The Hall–Kier alpha value is -2.20. The summed E-state index contributed by atoms with van der Waals surface area (Å²) < 4.78 is 18.8. The lowest BCUT2D eigenvalue weighted by Crippen LogP contribution is -3.14. The minimum Gasteiger partial charge on any atom is -0.497 e. The summed E-state index contributed by atoms with van der Waals surface area (Å²) in [7, 11) is 1.67. The summed E-state index contributed by atoms with van der Waals surface area (Å²) in [5.74, 6) is 1.20. The van der Waals surface area contributed by atoms with Gasteiger partial charge in [-0.1, -0.05) is 23.5 Å². The van der Waals surface area contributed by atoms with Crippen LogP contribution < -0.4 is 9.64 Å². The number of fused-ring (bicyclic) bond motifs is 1. The predicted molar refractivity (Wildman–Crippen MR) is 107 cm³/mol. The number of hydrogen-bond donors (Lipinski definition) is 2. The minimum atomic E-state index is -0.423. The number of likely N-dealkylation sites (tertiary alicyclic amines) is 1. The lowest BCUT2D eigenvalue weighted by molar-refractivity contribution is -0.933. The molecule has 0 saturated carbocycles. The number of nitrogens with zero attached hydrogens (tertiary/aromatic N) is 3. The quantitative estimate of drug-likeness (QED) is 0.667. The molecular weight excluding hydrogens is 392 g/mol. The second kappa shape index (κ2) is 7.24. The highest BCUT2D eigenvalue weighted by molar-refractivity contribution is 7.17. The van der Waals surface area contributed by atoms with Gasteiger partial charge in [-0.2, -0.15) is 4.52 Å². The summed E-state index contributed by atoms with van der Waals surface area (Å²) in [6, 6.07) is 8.03. The van der Waals surface area contributed by atoms with Gasteiger partial charge in [-0.05, 0) is 19.1 Å². The first-order valence-corrected chi connectivity index (χ1v) is 10.7. The van der Waals surface area contributed by atoms with E-state index in [0.29, 0.717) is 24.0 Å². The normalized spacial score (nSPS) is 20.5. The molecule has 2 aromatic heterocycles. The van der Waals surface area contributed by atoms with Crippen LogP contribution >= 0.6 is 11.3 Å². The molecule has 2 aliphatic heterocycles. The summed E-state index contributed by atoms with van der Waals surface area (Å²) in [6.07, 6.45) is 1.67. The van der Waals surface area contributed by atoms with E-state index in [2.05, 4.69) is 16.1 Å². The molecule has 0 aliphatic carbocycles. The molecule has 2 saturated heterocycles. The number of thiazole rings is 1. The van der Waals surface area contributed by atoms with Crippen LogP contribution in [0.2, 0.25) is 0 Å². The molecule has 3 aromatic rings. The maximum Gasteiger partial charge on any atom is 0.235 e. The van der Waals surface area contributed by atoms with Gasteiger partial charge >= 0.3 is 0 Å². The van der Waals surface area contributed by atoms with Gasteiger partial charge in [0, 0.05) is 5.56 Å². The highest BCUT2D eigenvalue weighted by Gasteiger charge is 2.45. The third-order valence-electron chi connectivity index (χ3n) is 5.87. The van der Waals surface area contributed by atoms with Crippen LogP contribution in [0, 0.1) is 6.92 Å². The Morgan fingerprint density at radius 1 is 1.28 bits per heavy atom. The van der Waals surface area contributed by atoms with E-state index in [-0.39, 0.29) is 11.9 Å². The molecule has 154 valence electrons. The molecule has 2 N–H and O–H groups in total. The molecule has 1 aromatic carbocycles. The number of rotatable bonds is 4.